The third kappa shape index (κ3) is 15.8. The lowest BCUT2D eigenvalue weighted by Crippen LogP contribution is -2.60. The van der Waals surface area contributed by atoms with Gasteiger partial charge in [0, 0.05) is 71.5 Å². The maximum Gasteiger partial charge on any atom is 0.245 e. The minimum absolute atomic E-state index is 0.00137. The SMILES string of the molecule is CCC(C)C(C(CC(O)N1CCC[C@H]1[C@H](OC)[C@@H](C)C(=O)N[C@H](C)C(O)c1ccccc1)OC)N(C)C(=O)[C@@H](NC(=O)C(C(C)C)N(C)C(=O)CCCCCN1C(=O)CC(SC(C)(CC)C2CCC2)C1=O)C(C)C. The van der Waals surface area contributed by atoms with Gasteiger partial charge < -0.3 is 40.1 Å². The van der Waals surface area contributed by atoms with Gasteiger partial charge in [0.2, 0.25) is 35.4 Å². The number of nitrogens with one attached hydrogen (secondary N) is 2. The Bertz CT molecular complexity index is 1980. The first kappa shape index (κ1) is 62.9. The summed E-state index contributed by atoms with van der Waals surface area (Å²) in [4.78, 5) is 89.1. The van der Waals surface area contributed by atoms with Crippen LogP contribution < -0.4 is 10.6 Å². The average Bonchev–Trinajstić information content (AvgIpc) is 3.94. The number of amides is 6. The fourth-order valence-corrected chi connectivity index (χ4v) is 13.3. The number of imide groups is 1. The minimum atomic E-state index is -0.997. The molecule has 4 rings (SSSR count). The molecule has 0 radical (unpaired) electrons. The van der Waals surface area contributed by atoms with E-state index in [1.54, 1.807) is 58.8 Å². The normalized spacial score (nSPS) is 22.5. The van der Waals surface area contributed by atoms with Crippen LogP contribution in [0.25, 0.3) is 0 Å². The molecule has 0 spiro atoms. The van der Waals surface area contributed by atoms with E-state index in [0.29, 0.717) is 56.7 Å². The molecule has 1 aliphatic carbocycles. The number of unbranched alkanes of at least 4 members (excludes halogenated alkanes) is 2. The highest BCUT2D eigenvalue weighted by Crippen LogP contribution is 2.49. The van der Waals surface area contributed by atoms with Crippen LogP contribution in [0.5, 0.6) is 0 Å². The summed E-state index contributed by atoms with van der Waals surface area (Å²) in [7, 11) is 6.49. The zero-order chi connectivity index (χ0) is 55.2. The number of hydrogen-bond donors (Lipinski definition) is 4. The zero-order valence-electron chi connectivity index (χ0n) is 47.5. The van der Waals surface area contributed by atoms with Crippen molar-refractivity contribution in [2.45, 2.75) is 217 Å². The Labute approximate surface area is 448 Å². The molecule has 420 valence electrons. The molecular weight excluding hydrogens is 961 g/mol. The summed E-state index contributed by atoms with van der Waals surface area (Å²) in [5, 5.41) is 28.6. The Morgan fingerprint density at radius 3 is 2.07 bits per heavy atom. The van der Waals surface area contributed by atoms with Crippen molar-refractivity contribution in [2.75, 3.05) is 41.4 Å². The maximum absolute atomic E-state index is 14.7. The lowest BCUT2D eigenvalue weighted by Gasteiger charge is -2.43. The fourth-order valence-electron chi connectivity index (χ4n) is 11.6. The van der Waals surface area contributed by atoms with Crippen LogP contribution in [0.2, 0.25) is 0 Å². The molecule has 2 aliphatic heterocycles. The number of carbonyl (C=O) groups excluding carboxylic acids is 6. The molecule has 2 saturated heterocycles. The highest BCUT2D eigenvalue weighted by molar-refractivity contribution is 8.02. The van der Waals surface area contributed by atoms with E-state index < -0.39 is 60.5 Å². The number of thioether (sulfide) groups is 1. The number of likely N-dealkylation sites (N-methyl/N-ethyl adjacent to an activating group) is 2. The first-order chi connectivity index (χ1) is 35.0. The molecule has 13 atom stereocenters. The predicted octanol–water partition coefficient (Wildman–Crippen LogP) is 6.95. The molecule has 0 bridgehead atoms. The van der Waals surface area contributed by atoms with Crippen LogP contribution >= 0.6 is 11.8 Å². The van der Waals surface area contributed by atoms with Gasteiger partial charge in [-0.15, -0.1) is 11.8 Å². The van der Waals surface area contributed by atoms with Gasteiger partial charge in [0.15, 0.2) is 0 Å². The molecule has 6 amide bonds. The van der Waals surface area contributed by atoms with Gasteiger partial charge in [0.1, 0.15) is 18.3 Å². The van der Waals surface area contributed by atoms with E-state index in [1.165, 1.54) is 29.1 Å². The predicted molar refractivity (Wildman–Crippen MR) is 292 cm³/mol. The Balaban J connectivity index is 1.36. The van der Waals surface area contributed by atoms with Gasteiger partial charge in [0.25, 0.3) is 0 Å². The van der Waals surface area contributed by atoms with E-state index in [0.717, 1.165) is 12.8 Å². The largest absolute Gasteiger partial charge is 0.386 e. The van der Waals surface area contributed by atoms with Crippen molar-refractivity contribution in [2.24, 2.45) is 29.6 Å². The lowest BCUT2D eigenvalue weighted by atomic mass is 9.75. The molecule has 0 aromatic heterocycles. The molecule has 4 N–H and O–H groups in total. The number of aliphatic hydroxyl groups is 2. The molecule has 16 nitrogen and oxygen atoms in total. The first-order valence-corrected chi connectivity index (χ1v) is 28.7. The molecule has 1 saturated carbocycles. The molecule has 3 aliphatic rings. The summed E-state index contributed by atoms with van der Waals surface area (Å²) < 4.78 is 12.2. The number of benzene rings is 1. The van der Waals surface area contributed by atoms with Gasteiger partial charge in [0.05, 0.1) is 41.6 Å². The molecule has 1 aromatic carbocycles. The molecular formula is C57H96N6O10S. The average molecular weight is 1060 g/mol. The summed E-state index contributed by atoms with van der Waals surface area (Å²) >= 11 is 1.69. The van der Waals surface area contributed by atoms with E-state index in [-0.39, 0.29) is 82.6 Å². The molecule has 3 fully saturated rings. The smallest absolute Gasteiger partial charge is 0.245 e. The summed E-state index contributed by atoms with van der Waals surface area (Å²) in [6.45, 7) is 20.4. The van der Waals surface area contributed by atoms with Gasteiger partial charge in [-0.05, 0) is 81.1 Å². The molecule has 74 heavy (non-hydrogen) atoms. The zero-order valence-corrected chi connectivity index (χ0v) is 48.3. The summed E-state index contributed by atoms with van der Waals surface area (Å²) in [6, 6.07) is 6.07. The summed E-state index contributed by atoms with van der Waals surface area (Å²) in [6.07, 6.45) is 6.02. The monoisotopic (exact) mass is 1060 g/mol. The number of hydrogen-bond acceptors (Lipinski definition) is 12. The topological polar surface area (TPSA) is 198 Å². The molecule has 8 unspecified atom stereocenters. The number of aliphatic hydroxyl groups excluding tert-OH is 2. The van der Waals surface area contributed by atoms with Crippen LogP contribution in [-0.4, -0.2) is 165 Å². The number of carbonyl (C=O) groups is 6. The number of likely N-dealkylation sites (tertiary alicyclic amines) is 2. The fraction of sp³-hybridized carbons (Fsp3) is 0.789. The second-order valence-corrected chi connectivity index (χ2v) is 24.4. The second-order valence-electron chi connectivity index (χ2n) is 22.6. The highest BCUT2D eigenvalue weighted by atomic mass is 32.2. The van der Waals surface area contributed by atoms with Gasteiger partial charge in [-0.1, -0.05) is 112 Å². The van der Waals surface area contributed by atoms with E-state index in [1.807, 2.05) is 76.8 Å². The van der Waals surface area contributed by atoms with Crippen molar-refractivity contribution >= 4 is 47.2 Å². The van der Waals surface area contributed by atoms with Gasteiger partial charge >= 0.3 is 0 Å². The third-order valence-corrected chi connectivity index (χ3v) is 18.7. The van der Waals surface area contributed by atoms with E-state index in [9.17, 15) is 39.0 Å². The summed E-state index contributed by atoms with van der Waals surface area (Å²) in [5.41, 5.74) is 0.702. The van der Waals surface area contributed by atoms with Crippen LogP contribution in [0.15, 0.2) is 30.3 Å². The van der Waals surface area contributed by atoms with Crippen molar-refractivity contribution in [1.82, 2.24) is 30.2 Å². The number of rotatable bonds is 31. The Morgan fingerprint density at radius 2 is 1.51 bits per heavy atom. The van der Waals surface area contributed by atoms with Crippen molar-refractivity contribution in [3.05, 3.63) is 35.9 Å². The van der Waals surface area contributed by atoms with Crippen LogP contribution in [0.1, 0.15) is 164 Å². The molecule has 1 aromatic rings. The molecule has 17 heteroatoms. The second kappa shape index (κ2) is 29.2. The summed E-state index contributed by atoms with van der Waals surface area (Å²) in [5.74, 6) is -2.09. The van der Waals surface area contributed by atoms with Gasteiger partial charge in [-0.2, -0.15) is 0 Å². The van der Waals surface area contributed by atoms with E-state index in [2.05, 4.69) is 24.5 Å². The third-order valence-electron chi connectivity index (χ3n) is 16.9. The first-order valence-electron chi connectivity index (χ1n) is 27.9. The van der Waals surface area contributed by atoms with Crippen LogP contribution in [0, 0.1) is 29.6 Å². The maximum atomic E-state index is 14.7. The highest BCUT2D eigenvalue weighted by Gasteiger charge is 2.47. The Hall–Kier alpha value is -3.61. The number of nitrogens with zero attached hydrogens (tertiary/aromatic N) is 4. The quantitative estimate of drug-likeness (QED) is 0.0442. The number of ether oxygens (including phenoxy) is 2. The van der Waals surface area contributed by atoms with E-state index >= 15 is 0 Å². The van der Waals surface area contributed by atoms with Gasteiger partial charge in [-0.25, -0.2) is 0 Å². The number of methoxy groups -OCH3 is 2. The van der Waals surface area contributed by atoms with Crippen LogP contribution in [0.3, 0.4) is 0 Å². The van der Waals surface area contributed by atoms with E-state index in [4.69, 9.17) is 9.47 Å². The minimum Gasteiger partial charge on any atom is -0.386 e. The Kier molecular flexibility index (Phi) is 24.8. The Morgan fingerprint density at radius 1 is 0.851 bits per heavy atom. The van der Waals surface area contributed by atoms with Crippen LogP contribution in [-0.2, 0) is 38.2 Å². The van der Waals surface area contributed by atoms with Crippen molar-refractivity contribution < 1.29 is 48.5 Å². The molecule has 2 heterocycles. The lowest BCUT2D eigenvalue weighted by molar-refractivity contribution is -0.147. The van der Waals surface area contributed by atoms with Gasteiger partial charge in [-0.3, -0.25) is 38.6 Å². The van der Waals surface area contributed by atoms with Crippen molar-refractivity contribution in [1.29, 1.82) is 0 Å². The van der Waals surface area contributed by atoms with Crippen molar-refractivity contribution in [3.8, 4) is 0 Å². The van der Waals surface area contributed by atoms with Crippen molar-refractivity contribution in [3.63, 3.8) is 0 Å². The standard InChI is InChI=1S/C57H96N6O10S/c1-15-37(7)50(43(72-13)33-46(65)62-32-24-29-42(62)52(73-14)38(8)53(68)58-39(9)51(67)40-25-19-17-20-26-40)61(12)56(71)48(35(3)4)59-54(69)49(36(5)6)60(11)45(64)30-21-18-22-31-63-47(66)34-44(55(63)70)74-57(10,16-2)41-27-23-28-41/h17,19-20,25-26,35-39,41-44,46,48-52,65,67H,15-16,18,21-24,27-34H2,1-14H3,(H,58,68)(H,59,69)/t37?,38-,39-,42+,43?,44?,46?,48+,49?,50?,51?,52-,57?/m1/s1. The van der Waals surface area contributed by atoms with Crippen LogP contribution in [0.4, 0.5) is 0 Å².